The summed E-state index contributed by atoms with van der Waals surface area (Å²) in [5.41, 5.74) is 5.19. The Morgan fingerprint density at radius 3 is 1.77 bits per heavy atom. The molecule has 1 aliphatic rings. The van der Waals surface area contributed by atoms with Crippen LogP contribution < -0.4 is 0 Å². The molecule has 4 atom stereocenters. The molecule has 2 heterocycles. The average molecular weight is 535 g/mol. The molecule has 1 aliphatic heterocycles. The summed E-state index contributed by atoms with van der Waals surface area (Å²) in [6.45, 7) is 1.54. The van der Waals surface area contributed by atoms with Crippen molar-refractivity contribution in [2.75, 3.05) is 6.61 Å². The van der Waals surface area contributed by atoms with Gasteiger partial charge in [0.15, 0.2) is 0 Å². The molecule has 6 nitrogen and oxygen atoms in total. The molecular weight excluding hydrogens is 500 g/mol. The fourth-order valence-electron chi connectivity index (χ4n) is 5.53. The molecule has 4 aromatic carbocycles. The van der Waals surface area contributed by atoms with Crippen molar-refractivity contribution in [3.05, 3.63) is 144 Å². The first kappa shape index (κ1) is 26.4. The summed E-state index contributed by atoms with van der Waals surface area (Å²) in [6.07, 6.45) is 1.08. The number of hydroxylamine groups is 2. The predicted molar refractivity (Wildman–Crippen MR) is 155 cm³/mol. The highest BCUT2D eigenvalue weighted by Gasteiger charge is 2.52. The number of fused-ring (bicyclic) bond motifs is 1. The van der Waals surface area contributed by atoms with Gasteiger partial charge in [0.05, 0.1) is 38.5 Å². The minimum absolute atomic E-state index is 0.287. The van der Waals surface area contributed by atoms with Crippen LogP contribution in [0.25, 0.3) is 10.9 Å². The number of para-hydroxylation sites is 1. The second-order valence-electron chi connectivity index (χ2n) is 10.2. The van der Waals surface area contributed by atoms with Crippen LogP contribution in [0.3, 0.4) is 0 Å². The van der Waals surface area contributed by atoms with E-state index >= 15 is 0 Å². The van der Waals surface area contributed by atoms with E-state index in [0.29, 0.717) is 19.8 Å². The third-order valence-electron chi connectivity index (χ3n) is 7.55. The van der Waals surface area contributed by atoms with Crippen molar-refractivity contribution in [2.24, 2.45) is 0 Å². The number of aromatic nitrogens is 1. The number of benzene rings is 4. The molecule has 0 unspecified atom stereocenters. The van der Waals surface area contributed by atoms with Gasteiger partial charge in [-0.15, -0.1) is 0 Å². The van der Waals surface area contributed by atoms with Crippen molar-refractivity contribution in [3.63, 3.8) is 0 Å². The van der Waals surface area contributed by atoms with Gasteiger partial charge in [-0.3, -0.25) is 0 Å². The monoisotopic (exact) mass is 534 g/mol. The van der Waals surface area contributed by atoms with Crippen LogP contribution in [0, 0.1) is 0 Å². The Kier molecular flexibility index (Phi) is 8.33. The molecule has 0 bridgehead atoms. The largest absolute Gasteiger partial charge is 0.375 e. The van der Waals surface area contributed by atoms with E-state index in [9.17, 15) is 5.21 Å². The fourth-order valence-corrected chi connectivity index (χ4v) is 5.53. The van der Waals surface area contributed by atoms with E-state index in [4.69, 9.17) is 14.2 Å². The minimum atomic E-state index is -0.453. The van der Waals surface area contributed by atoms with E-state index < -0.39 is 24.3 Å². The highest BCUT2D eigenvalue weighted by Crippen LogP contribution is 2.42. The van der Waals surface area contributed by atoms with Crippen molar-refractivity contribution in [1.29, 1.82) is 0 Å². The molecule has 0 amide bonds. The highest BCUT2D eigenvalue weighted by atomic mass is 16.6. The van der Waals surface area contributed by atoms with Gasteiger partial charge in [-0.25, -0.2) is 0 Å². The van der Waals surface area contributed by atoms with Crippen molar-refractivity contribution in [3.8, 4) is 0 Å². The third-order valence-corrected chi connectivity index (χ3v) is 7.55. The van der Waals surface area contributed by atoms with Crippen LogP contribution in [-0.4, -0.2) is 40.1 Å². The molecular formula is C34H34N2O4. The van der Waals surface area contributed by atoms with Gasteiger partial charge >= 0.3 is 0 Å². The Hall–Kier alpha value is -3.78. The topological polar surface area (TPSA) is 67.0 Å². The molecule has 1 aromatic heterocycles. The first-order chi connectivity index (χ1) is 19.8. The zero-order chi connectivity index (χ0) is 27.1. The Balaban J connectivity index is 1.32. The van der Waals surface area contributed by atoms with Gasteiger partial charge in [0, 0.05) is 17.1 Å². The summed E-state index contributed by atoms with van der Waals surface area (Å²) < 4.78 is 19.4. The van der Waals surface area contributed by atoms with E-state index in [1.165, 1.54) is 5.06 Å². The summed E-state index contributed by atoms with van der Waals surface area (Å²) in [5.74, 6) is 0. The number of nitrogens with one attached hydrogen (secondary N) is 1. The summed E-state index contributed by atoms with van der Waals surface area (Å²) >= 11 is 0. The second-order valence-corrected chi connectivity index (χ2v) is 10.2. The van der Waals surface area contributed by atoms with E-state index in [-0.39, 0.29) is 6.61 Å². The Bertz CT molecular complexity index is 1480. The standard InChI is InChI=1S/C34H34N2O4/c37-36-31(24-38-21-25-12-4-1-5-13-25)33(39-22-26-14-6-2-7-15-26)34(40-23-27-16-8-3-9-17-27)32(36)29-20-35-30-19-11-10-18-28(29)30/h1-20,31-35,37H,21-24H2/t31-,32-,33-,34-/m0/s1. The van der Waals surface area contributed by atoms with E-state index in [1.54, 1.807) is 0 Å². The molecule has 6 heteroatoms. The molecule has 40 heavy (non-hydrogen) atoms. The molecule has 2 N–H and O–H groups in total. The second kappa shape index (κ2) is 12.6. The van der Waals surface area contributed by atoms with Crippen LogP contribution in [0.1, 0.15) is 28.3 Å². The fraction of sp³-hybridized carbons (Fsp3) is 0.235. The predicted octanol–water partition coefficient (Wildman–Crippen LogP) is 6.67. The maximum Gasteiger partial charge on any atom is 0.108 e. The van der Waals surface area contributed by atoms with Crippen molar-refractivity contribution >= 4 is 10.9 Å². The van der Waals surface area contributed by atoms with Crippen LogP contribution in [-0.2, 0) is 34.0 Å². The SMILES string of the molecule is ON1[C@@H](COCc2ccccc2)[C@H](OCc2ccccc2)[C@@H](OCc2ccccc2)[C@@H]1c1c[nH]c2ccccc12. The number of hydrogen-bond acceptors (Lipinski definition) is 5. The molecule has 1 fully saturated rings. The molecule has 5 aromatic rings. The van der Waals surface area contributed by atoms with Gasteiger partial charge in [-0.05, 0) is 28.3 Å². The maximum atomic E-state index is 11.8. The van der Waals surface area contributed by atoms with Gasteiger partial charge in [-0.1, -0.05) is 109 Å². The molecule has 1 saturated heterocycles. The highest BCUT2D eigenvalue weighted by molar-refractivity contribution is 5.83. The summed E-state index contributed by atoms with van der Waals surface area (Å²) in [7, 11) is 0. The third kappa shape index (κ3) is 5.87. The lowest BCUT2D eigenvalue weighted by atomic mass is 9.99. The first-order valence-electron chi connectivity index (χ1n) is 13.7. The number of aromatic amines is 1. The Morgan fingerprint density at radius 2 is 1.15 bits per heavy atom. The zero-order valence-corrected chi connectivity index (χ0v) is 22.3. The lowest BCUT2D eigenvalue weighted by molar-refractivity contribution is -0.167. The van der Waals surface area contributed by atoms with Crippen molar-refractivity contribution in [2.45, 2.75) is 44.1 Å². The van der Waals surface area contributed by atoms with Crippen LogP contribution in [0.2, 0.25) is 0 Å². The van der Waals surface area contributed by atoms with Gasteiger partial charge in [-0.2, -0.15) is 5.06 Å². The Labute approximate surface area is 234 Å². The van der Waals surface area contributed by atoms with Crippen LogP contribution in [0.5, 0.6) is 0 Å². The minimum Gasteiger partial charge on any atom is -0.375 e. The molecule has 204 valence electrons. The van der Waals surface area contributed by atoms with Crippen LogP contribution in [0.4, 0.5) is 0 Å². The molecule has 0 saturated carbocycles. The summed E-state index contributed by atoms with van der Waals surface area (Å²) in [4.78, 5) is 3.37. The van der Waals surface area contributed by atoms with Crippen molar-refractivity contribution in [1.82, 2.24) is 10.0 Å². The molecule has 0 spiro atoms. The van der Waals surface area contributed by atoms with Crippen LogP contribution in [0.15, 0.2) is 121 Å². The van der Waals surface area contributed by atoms with E-state index in [1.807, 2.05) is 115 Å². The van der Waals surface area contributed by atoms with Gasteiger partial charge < -0.3 is 24.4 Å². The van der Waals surface area contributed by atoms with Gasteiger partial charge in [0.25, 0.3) is 0 Å². The zero-order valence-electron chi connectivity index (χ0n) is 22.3. The average Bonchev–Trinajstić information content (AvgIpc) is 3.54. The number of H-pyrrole nitrogens is 1. The smallest absolute Gasteiger partial charge is 0.108 e. The van der Waals surface area contributed by atoms with Crippen molar-refractivity contribution < 1.29 is 19.4 Å². The number of ether oxygens (including phenoxy) is 3. The number of nitrogens with zero attached hydrogens (tertiary/aromatic N) is 1. The number of hydrogen-bond donors (Lipinski definition) is 2. The molecule has 6 rings (SSSR count). The quantitative estimate of drug-likeness (QED) is 0.198. The van der Waals surface area contributed by atoms with Crippen LogP contribution >= 0.6 is 0 Å². The molecule has 0 radical (unpaired) electrons. The normalized spacial score (nSPS) is 21.2. The lowest BCUT2D eigenvalue weighted by Crippen LogP contribution is -2.40. The summed E-state index contributed by atoms with van der Waals surface area (Å²) in [6, 6.07) is 37.5. The van der Waals surface area contributed by atoms with E-state index in [2.05, 4.69) is 11.1 Å². The number of rotatable bonds is 11. The Morgan fingerprint density at radius 1 is 0.625 bits per heavy atom. The first-order valence-corrected chi connectivity index (χ1v) is 13.7. The van der Waals surface area contributed by atoms with E-state index in [0.717, 1.165) is 33.2 Å². The van der Waals surface area contributed by atoms with Gasteiger partial charge in [0.2, 0.25) is 0 Å². The molecule has 0 aliphatic carbocycles. The maximum absolute atomic E-state index is 11.8. The summed E-state index contributed by atoms with van der Waals surface area (Å²) in [5, 5.41) is 14.2. The van der Waals surface area contributed by atoms with Gasteiger partial charge in [0.1, 0.15) is 12.2 Å². The lowest BCUT2D eigenvalue weighted by Gasteiger charge is -2.26.